The molecule has 0 spiro atoms. The van der Waals surface area contributed by atoms with Crippen molar-refractivity contribution in [2.24, 2.45) is 5.92 Å². The van der Waals surface area contributed by atoms with Crippen LogP contribution in [-0.2, 0) is 11.4 Å². The molecule has 1 aliphatic heterocycles. The highest BCUT2D eigenvalue weighted by Gasteiger charge is 2.21. The fourth-order valence-corrected chi connectivity index (χ4v) is 3.76. The van der Waals surface area contributed by atoms with E-state index in [-0.39, 0.29) is 19.1 Å². The molecule has 128 valence electrons. The van der Waals surface area contributed by atoms with E-state index in [1.807, 2.05) is 24.6 Å². The first kappa shape index (κ1) is 18.1. The second-order valence-electron chi connectivity index (χ2n) is 6.10. The van der Waals surface area contributed by atoms with Gasteiger partial charge in [0.2, 0.25) is 5.91 Å². The highest BCUT2D eigenvalue weighted by atomic mass is 32.1. The van der Waals surface area contributed by atoms with Crippen molar-refractivity contribution in [1.82, 2.24) is 9.80 Å². The lowest BCUT2D eigenvalue weighted by molar-refractivity contribution is -0.125. The number of aliphatic hydroxyl groups is 2. The zero-order valence-electron chi connectivity index (χ0n) is 13.6. The topological polar surface area (TPSA) is 64.0 Å². The van der Waals surface area contributed by atoms with E-state index < -0.39 is 0 Å². The molecule has 5 nitrogen and oxygen atoms in total. The molecular weight excluding hydrogens is 312 g/mol. The first-order valence-corrected chi connectivity index (χ1v) is 8.95. The number of likely N-dealkylation sites (N-methyl/N-ethyl adjacent to an activating group) is 1. The zero-order valence-corrected chi connectivity index (χ0v) is 14.5. The van der Waals surface area contributed by atoms with Crippen molar-refractivity contribution in [2.75, 3.05) is 39.8 Å². The minimum Gasteiger partial charge on any atom is -0.395 e. The Labute approximate surface area is 141 Å². The fourth-order valence-electron chi connectivity index (χ4n) is 2.97. The number of carbonyl (C=O) groups excluding carboxylic acids is 1. The molecular formula is C17H26N2O3S. The number of likely N-dealkylation sites (tertiary alicyclic amines) is 1. The summed E-state index contributed by atoms with van der Waals surface area (Å²) in [5, 5.41) is 20.0. The van der Waals surface area contributed by atoms with E-state index in [0.29, 0.717) is 5.92 Å². The van der Waals surface area contributed by atoms with Crippen LogP contribution in [0.4, 0.5) is 0 Å². The Hall–Kier alpha value is -1.21. The normalized spacial score (nSPS) is 19.3. The van der Waals surface area contributed by atoms with E-state index >= 15 is 0 Å². The van der Waals surface area contributed by atoms with Gasteiger partial charge in [-0.1, -0.05) is 0 Å². The molecule has 1 saturated heterocycles. The van der Waals surface area contributed by atoms with Crippen LogP contribution in [0.25, 0.3) is 6.08 Å². The van der Waals surface area contributed by atoms with Gasteiger partial charge in [-0.15, -0.1) is 11.3 Å². The van der Waals surface area contributed by atoms with Crippen LogP contribution in [0, 0.1) is 5.92 Å². The fraction of sp³-hybridized carbons (Fsp3) is 0.588. The van der Waals surface area contributed by atoms with Crippen LogP contribution < -0.4 is 0 Å². The van der Waals surface area contributed by atoms with Crippen molar-refractivity contribution in [1.29, 1.82) is 0 Å². The largest absolute Gasteiger partial charge is 0.395 e. The molecule has 0 radical (unpaired) electrons. The van der Waals surface area contributed by atoms with Crippen molar-refractivity contribution in [2.45, 2.75) is 19.4 Å². The first-order valence-electron chi connectivity index (χ1n) is 8.07. The van der Waals surface area contributed by atoms with E-state index in [9.17, 15) is 4.79 Å². The lowest BCUT2D eigenvalue weighted by Crippen LogP contribution is -2.42. The second-order valence-corrected chi connectivity index (χ2v) is 7.04. The quantitative estimate of drug-likeness (QED) is 0.738. The first-order chi connectivity index (χ1) is 11.1. The van der Waals surface area contributed by atoms with Gasteiger partial charge in [-0.25, -0.2) is 0 Å². The molecule has 0 aliphatic carbocycles. The van der Waals surface area contributed by atoms with E-state index in [2.05, 4.69) is 4.90 Å². The van der Waals surface area contributed by atoms with Crippen molar-refractivity contribution in [3.05, 3.63) is 28.0 Å². The summed E-state index contributed by atoms with van der Waals surface area (Å²) >= 11 is 1.52. The lowest BCUT2D eigenvalue weighted by atomic mass is 9.97. The molecule has 2 rings (SSSR count). The van der Waals surface area contributed by atoms with Crippen LogP contribution in [0.2, 0.25) is 0 Å². The van der Waals surface area contributed by atoms with Crippen LogP contribution in [-0.4, -0.2) is 65.8 Å². The Balaban J connectivity index is 1.82. The molecule has 23 heavy (non-hydrogen) atoms. The summed E-state index contributed by atoms with van der Waals surface area (Å²) in [5.74, 6) is 0.476. The predicted molar refractivity (Wildman–Crippen MR) is 93.2 cm³/mol. The highest BCUT2D eigenvalue weighted by molar-refractivity contribution is 7.11. The number of piperidine rings is 1. The molecule has 1 aromatic rings. The van der Waals surface area contributed by atoms with Gasteiger partial charge in [0, 0.05) is 37.6 Å². The van der Waals surface area contributed by atoms with Crippen molar-refractivity contribution >= 4 is 23.3 Å². The number of amides is 1. The molecule has 1 fully saturated rings. The van der Waals surface area contributed by atoms with Gasteiger partial charge >= 0.3 is 0 Å². The summed E-state index contributed by atoms with van der Waals surface area (Å²) < 4.78 is 0. The standard InChI is InChI=1S/C17H26N2O3S/c1-18(10-14-3-2-6-19(11-14)7-8-20)17(22)5-4-16-9-15(12-21)13-23-16/h4-5,9,13-14,20-21H,2-3,6-8,10-12H2,1H3/b5-4+. The van der Waals surface area contributed by atoms with Gasteiger partial charge < -0.3 is 20.0 Å². The Kier molecular flexibility index (Phi) is 7.23. The van der Waals surface area contributed by atoms with Gasteiger partial charge in [-0.3, -0.25) is 4.79 Å². The summed E-state index contributed by atoms with van der Waals surface area (Å²) in [6, 6.07) is 1.89. The van der Waals surface area contributed by atoms with Gasteiger partial charge in [0.05, 0.1) is 13.2 Å². The van der Waals surface area contributed by atoms with Gasteiger partial charge in [-0.05, 0) is 48.4 Å². The molecule has 0 saturated carbocycles. The number of nitrogens with zero attached hydrogens (tertiary/aromatic N) is 2. The summed E-state index contributed by atoms with van der Waals surface area (Å²) in [6.45, 7) is 3.69. The Morgan fingerprint density at radius 2 is 2.35 bits per heavy atom. The third-order valence-corrected chi connectivity index (χ3v) is 5.12. The molecule has 1 aromatic heterocycles. The molecule has 1 aliphatic rings. The van der Waals surface area contributed by atoms with Crippen molar-refractivity contribution in [3.8, 4) is 0 Å². The Morgan fingerprint density at radius 3 is 3.04 bits per heavy atom. The smallest absolute Gasteiger partial charge is 0.246 e. The summed E-state index contributed by atoms with van der Waals surface area (Å²) in [5.41, 5.74) is 0.877. The third-order valence-electron chi connectivity index (χ3n) is 4.17. The number of hydrogen-bond donors (Lipinski definition) is 2. The number of thiophene rings is 1. The van der Waals surface area contributed by atoms with Crippen molar-refractivity contribution in [3.63, 3.8) is 0 Å². The summed E-state index contributed by atoms with van der Waals surface area (Å²) in [6.07, 6.45) is 5.67. The van der Waals surface area contributed by atoms with Crippen LogP contribution >= 0.6 is 11.3 Å². The average Bonchev–Trinajstić information content (AvgIpc) is 3.01. The lowest BCUT2D eigenvalue weighted by Gasteiger charge is -2.34. The minimum atomic E-state index is 0.00299. The Bertz CT molecular complexity index is 528. The minimum absolute atomic E-state index is 0.00299. The van der Waals surface area contributed by atoms with Gasteiger partial charge in [0.15, 0.2) is 0 Å². The molecule has 1 atom stereocenters. The van der Waals surface area contributed by atoms with Crippen LogP contribution in [0.15, 0.2) is 17.5 Å². The molecule has 2 heterocycles. The number of β-amino-alcohol motifs (C(OH)–C–C–N with tert-alkyl or cyclic N) is 1. The molecule has 6 heteroatoms. The summed E-state index contributed by atoms with van der Waals surface area (Å²) in [7, 11) is 1.84. The number of aliphatic hydroxyl groups excluding tert-OH is 2. The molecule has 0 aromatic carbocycles. The van der Waals surface area contributed by atoms with Gasteiger partial charge in [0.25, 0.3) is 0 Å². The van der Waals surface area contributed by atoms with E-state index in [1.165, 1.54) is 11.3 Å². The summed E-state index contributed by atoms with van der Waals surface area (Å²) in [4.78, 5) is 17.2. The second kappa shape index (κ2) is 9.17. The Morgan fingerprint density at radius 1 is 1.52 bits per heavy atom. The molecule has 1 amide bonds. The zero-order chi connectivity index (χ0) is 16.7. The number of rotatable bonds is 7. The average molecular weight is 338 g/mol. The van der Waals surface area contributed by atoms with Crippen LogP contribution in [0.3, 0.4) is 0 Å². The van der Waals surface area contributed by atoms with E-state index in [4.69, 9.17) is 10.2 Å². The maximum Gasteiger partial charge on any atom is 0.246 e. The maximum atomic E-state index is 12.2. The van der Waals surface area contributed by atoms with E-state index in [1.54, 1.807) is 11.0 Å². The molecule has 0 bridgehead atoms. The predicted octanol–water partition coefficient (Wildman–Crippen LogP) is 1.42. The maximum absolute atomic E-state index is 12.2. The molecule has 1 unspecified atom stereocenters. The van der Waals surface area contributed by atoms with Crippen LogP contribution in [0.5, 0.6) is 0 Å². The van der Waals surface area contributed by atoms with Gasteiger partial charge in [-0.2, -0.15) is 0 Å². The highest BCUT2D eigenvalue weighted by Crippen LogP contribution is 2.18. The van der Waals surface area contributed by atoms with E-state index in [0.717, 1.165) is 49.5 Å². The molecule has 2 N–H and O–H groups in total. The van der Waals surface area contributed by atoms with Crippen LogP contribution in [0.1, 0.15) is 23.3 Å². The van der Waals surface area contributed by atoms with Gasteiger partial charge in [0.1, 0.15) is 0 Å². The monoisotopic (exact) mass is 338 g/mol. The number of carbonyl (C=O) groups is 1. The van der Waals surface area contributed by atoms with Crippen molar-refractivity contribution < 1.29 is 15.0 Å². The SMILES string of the molecule is CN(CC1CCCN(CCO)C1)C(=O)/C=C/c1cc(CO)cs1. The third kappa shape index (κ3) is 5.73. The number of hydrogen-bond acceptors (Lipinski definition) is 5.